The van der Waals surface area contributed by atoms with Crippen molar-refractivity contribution in [1.82, 2.24) is 0 Å². The van der Waals surface area contributed by atoms with Crippen LogP contribution in [0.4, 0.5) is 0 Å². The molecule has 2 atom stereocenters. The van der Waals surface area contributed by atoms with Crippen LogP contribution in [-0.2, 0) is 32.7 Å². The molecule has 0 saturated heterocycles. The van der Waals surface area contributed by atoms with Gasteiger partial charge in [-0.25, -0.2) is 4.57 Å². The zero-order valence-electron chi connectivity index (χ0n) is 50.7. The lowest BCUT2D eigenvalue weighted by atomic mass is 10.0. The van der Waals surface area contributed by atoms with Crippen LogP contribution in [0.1, 0.15) is 277 Å². The molecule has 0 aliphatic heterocycles. The molecule has 0 saturated carbocycles. The Morgan fingerprint density at radius 1 is 0.416 bits per heavy atom. The first-order valence-corrected chi connectivity index (χ1v) is 33.3. The molecule has 0 aromatic rings. The van der Waals surface area contributed by atoms with Crippen LogP contribution in [0.2, 0.25) is 0 Å². The number of phosphoric acid groups is 1. The zero-order valence-corrected chi connectivity index (χ0v) is 51.6. The summed E-state index contributed by atoms with van der Waals surface area (Å²) in [4.78, 5) is 35.8. The summed E-state index contributed by atoms with van der Waals surface area (Å²) < 4.78 is 34.6. The number of carbonyl (C=O) groups is 2. The van der Waals surface area contributed by atoms with Crippen LogP contribution in [0, 0.1) is 0 Å². The van der Waals surface area contributed by atoms with E-state index in [2.05, 4.69) is 98.9 Å². The number of hydrogen-bond donors (Lipinski definition) is 1. The van der Waals surface area contributed by atoms with Gasteiger partial charge in [-0.2, -0.15) is 0 Å². The maximum Gasteiger partial charge on any atom is 0.472 e. The van der Waals surface area contributed by atoms with E-state index in [-0.39, 0.29) is 32.0 Å². The van der Waals surface area contributed by atoms with E-state index in [4.69, 9.17) is 18.5 Å². The standard InChI is InChI=1S/C67H120NO8P/c1-6-8-10-12-14-16-18-20-22-24-26-28-30-31-32-33-34-35-36-37-38-40-42-44-46-48-50-52-54-56-58-60-67(70)76-65(64-75-77(71,72)74-62-61-68(3,4)5)63-73-66(69)59-57-55-53-51-49-47-45-43-41-39-29-27-25-23-21-19-17-15-13-11-9-7-2/h8,10,14,16,20,22,26,28,31-32,34-35,37-38,65H,6-7,9,11-13,15,17-19,21,23-25,27,29-30,33,36,39-64H2,1-5H3/p+1/b10-8-,16-14-,22-20-,28-26-,32-31-,35-34-,38-37-. The van der Waals surface area contributed by atoms with Crippen molar-refractivity contribution in [3.63, 3.8) is 0 Å². The second-order valence-electron chi connectivity index (χ2n) is 22.4. The number of likely N-dealkylation sites (N-methyl/N-ethyl adjacent to an activating group) is 1. The molecule has 77 heavy (non-hydrogen) atoms. The van der Waals surface area contributed by atoms with Crippen molar-refractivity contribution < 1.29 is 42.1 Å². The van der Waals surface area contributed by atoms with Crippen LogP contribution >= 0.6 is 7.82 Å². The fraction of sp³-hybridized carbons (Fsp3) is 0.761. The van der Waals surface area contributed by atoms with Crippen molar-refractivity contribution in [3.8, 4) is 0 Å². The number of phosphoric ester groups is 1. The van der Waals surface area contributed by atoms with E-state index in [9.17, 15) is 19.0 Å². The van der Waals surface area contributed by atoms with Gasteiger partial charge in [0, 0.05) is 12.8 Å². The Balaban J connectivity index is 4.14. The Bertz CT molecular complexity index is 1580. The highest BCUT2D eigenvalue weighted by atomic mass is 31.2. The van der Waals surface area contributed by atoms with Gasteiger partial charge in [0.2, 0.25) is 0 Å². The van der Waals surface area contributed by atoms with Gasteiger partial charge in [0.15, 0.2) is 6.10 Å². The van der Waals surface area contributed by atoms with Crippen molar-refractivity contribution in [2.75, 3.05) is 47.5 Å². The first-order valence-electron chi connectivity index (χ1n) is 31.8. The molecule has 2 unspecified atom stereocenters. The molecule has 0 heterocycles. The quantitative estimate of drug-likeness (QED) is 0.0211. The molecule has 0 fully saturated rings. The summed E-state index contributed by atoms with van der Waals surface area (Å²) in [5, 5.41) is 0. The second-order valence-corrected chi connectivity index (χ2v) is 23.9. The van der Waals surface area contributed by atoms with Gasteiger partial charge < -0.3 is 18.9 Å². The van der Waals surface area contributed by atoms with Crippen molar-refractivity contribution in [3.05, 3.63) is 85.1 Å². The fourth-order valence-corrected chi connectivity index (χ4v) is 9.56. The molecule has 0 aromatic carbocycles. The molecule has 0 rings (SSSR count). The molecule has 10 heteroatoms. The van der Waals surface area contributed by atoms with Gasteiger partial charge in [0.25, 0.3) is 0 Å². The summed E-state index contributed by atoms with van der Waals surface area (Å²) in [5.74, 6) is -0.797. The molecule has 446 valence electrons. The number of hydrogen-bond acceptors (Lipinski definition) is 7. The third-order valence-electron chi connectivity index (χ3n) is 13.7. The highest BCUT2D eigenvalue weighted by molar-refractivity contribution is 7.47. The number of allylic oxidation sites excluding steroid dienone is 14. The highest BCUT2D eigenvalue weighted by Gasteiger charge is 2.27. The SMILES string of the molecule is CC/C=C\C/C=C\C/C=C\C/C=C\C/C=C\C/C=C\C/C=C\CCCCCCCCCCCC(=O)OC(COC(=O)CCCCCCCCCCCCCCCCCCCCCCCC)COP(=O)(O)OCC[N+](C)(C)C. The van der Waals surface area contributed by atoms with Crippen molar-refractivity contribution >= 4 is 19.8 Å². The van der Waals surface area contributed by atoms with Crippen LogP contribution in [0.3, 0.4) is 0 Å². The Morgan fingerprint density at radius 2 is 0.740 bits per heavy atom. The van der Waals surface area contributed by atoms with Crippen LogP contribution in [0.25, 0.3) is 0 Å². The molecule has 9 nitrogen and oxygen atoms in total. The predicted octanol–water partition coefficient (Wildman–Crippen LogP) is 20.2. The van der Waals surface area contributed by atoms with Crippen LogP contribution in [0.5, 0.6) is 0 Å². The Hall–Kier alpha value is -2.81. The van der Waals surface area contributed by atoms with Gasteiger partial charge in [0.05, 0.1) is 27.7 Å². The minimum atomic E-state index is -4.39. The number of carbonyl (C=O) groups excluding carboxylic acids is 2. The van der Waals surface area contributed by atoms with Crippen LogP contribution in [0.15, 0.2) is 85.1 Å². The molecule has 0 aliphatic carbocycles. The summed E-state index contributed by atoms with van der Waals surface area (Å²) in [5.41, 5.74) is 0. The van der Waals surface area contributed by atoms with Gasteiger partial charge in [-0.1, -0.05) is 279 Å². The number of unbranched alkanes of at least 4 members (excludes halogenated alkanes) is 30. The number of esters is 2. The van der Waals surface area contributed by atoms with E-state index in [0.29, 0.717) is 17.4 Å². The minimum absolute atomic E-state index is 0.0285. The average Bonchev–Trinajstić information content (AvgIpc) is 3.39. The number of rotatable bonds is 58. The lowest BCUT2D eigenvalue weighted by Crippen LogP contribution is -2.37. The topological polar surface area (TPSA) is 108 Å². The van der Waals surface area contributed by atoms with Gasteiger partial charge in [-0.3, -0.25) is 18.6 Å². The summed E-state index contributed by atoms with van der Waals surface area (Å²) in [7, 11) is 1.47. The molecule has 0 amide bonds. The molecule has 0 radical (unpaired) electrons. The van der Waals surface area contributed by atoms with E-state index in [1.54, 1.807) is 0 Å². The summed E-state index contributed by atoms with van der Waals surface area (Å²) in [6, 6.07) is 0. The van der Waals surface area contributed by atoms with Gasteiger partial charge in [-0.15, -0.1) is 0 Å². The number of ether oxygens (including phenoxy) is 2. The van der Waals surface area contributed by atoms with E-state index >= 15 is 0 Å². The first kappa shape index (κ1) is 74.2. The van der Waals surface area contributed by atoms with Gasteiger partial charge >= 0.3 is 19.8 Å². The van der Waals surface area contributed by atoms with Gasteiger partial charge in [0.1, 0.15) is 19.8 Å². The van der Waals surface area contributed by atoms with Crippen LogP contribution in [-0.4, -0.2) is 74.9 Å². The molecular weight excluding hydrogens is 978 g/mol. The molecule has 0 aromatic heterocycles. The van der Waals surface area contributed by atoms with Crippen molar-refractivity contribution in [1.29, 1.82) is 0 Å². The van der Waals surface area contributed by atoms with E-state index < -0.39 is 26.5 Å². The number of nitrogens with zero attached hydrogens (tertiary/aromatic N) is 1. The molecule has 0 spiro atoms. The van der Waals surface area contributed by atoms with E-state index in [1.807, 2.05) is 21.1 Å². The lowest BCUT2D eigenvalue weighted by molar-refractivity contribution is -0.870. The summed E-state index contributed by atoms with van der Waals surface area (Å²) in [6.07, 6.45) is 78.0. The molecule has 0 aliphatic rings. The third-order valence-corrected chi connectivity index (χ3v) is 14.7. The largest absolute Gasteiger partial charge is 0.472 e. The van der Waals surface area contributed by atoms with Crippen molar-refractivity contribution in [2.24, 2.45) is 0 Å². The monoisotopic (exact) mass is 1100 g/mol. The highest BCUT2D eigenvalue weighted by Crippen LogP contribution is 2.43. The molecular formula is C67H121NO8P+. The minimum Gasteiger partial charge on any atom is -0.462 e. The zero-order chi connectivity index (χ0) is 56.3. The summed E-state index contributed by atoms with van der Waals surface area (Å²) in [6.45, 7) is 4.34. The Labute approximate surface area is 475 Å². The smallest absolute Gasteiger partial charge is 0.462 e. The van der Waals surface area contributed by atoms with E-state index in [1.165, 1.54) is 154 Å². The number of quaternary nitrogens is 1. The summed E-state index contributed by atoms with van der Waals surface area (Å²) >= 11 is 0. The van der Waals surface area contributed by atoms with Crippen LogP contribution < -0.4 is 0 Å². The first-order chi connectivity index (χ1) is 37.5. The second kappa shape index (κ2) is 57.9. The maximum absolute atomic E-state index is 12.8. The fourth-order valence-electron chi connectivity index (χ4n) is 8.82. The predicted molar refractivity (Wildman–Crippen MR) is 330 cm³/mol. The molecule has 0 bridgehead atoms. The lowest BCUT2D eigenvalue weighted by Gasteiger charge is -2.24. The Kier molecular flexibility index (Phi) is 55.8. The Morgan fingerprint density at radius 3 is 1.10 bits per heavy atom. The average molecular weight is 1100 g/mol. The normalized spacial score (nSPS) is 13.8. The third kappa shape index (κ3) is 62.3. The molecule has 1 N–H and O–H groups in total. The van der Waals surface area contributed by atoms with E-state index in [0.717, 1.165) is 89.9 Å². The van der Waals surface area contributed by atoms with Crippen molar-refractivity contribution in [2.45, 2.75) is 283 Å². The van der Waals surface area contributed by atoms with Gasteiger partial charge in [-0.05, 0) is 70.6 Å². The maximum atomic E-state index is 12.8.